The zero-order valence-corrected chi connectivity index (χ0v) is 15.8. The van der Waals surface area contributed by atoms with Crippen molar-refractivity contribution in [3.05, 3.63) is 46.8 Å². The normalized spacial score (nSPS) is 21.4. The molecule has 1 aliphatic heterocycles. The number of thiazole rings is 1. The second-order valence-corrected chi connectivity index (χ2v) is 7.75. The highest BCUT2D eigenvalue weighted by atomic mass is 35.5. The number of allylic oxidation sites excluding steroid dienone is 2. The highest BCUT2D eigenvalue weighted by Crippen LogP contribution is 2.35. The van der Waals surface area contributed by atoms with E-state index in [0.29, 0.717) is 28.7 Å². The summed E-state index contributed by atoms with van der Waals surface area (Å²) in [5, 5.41) is 5.43. The molecule has 27 heavy (non-hydrogen) atoms. The number of nitrogens with one attached hydrogen (secondary N) is 1. The van der Waals surface area contributed by atoms with E-state index in [1.165, 1.54) is 11.3 Å². The van der Waals surface area contributed by atoms with Gasteiger partial charge in [-0.3, -0.25) is 19.3 Å². The molecular weight excluding hydrogens is 386 g/mol. The zero-order valence-electron chi connectivity index (χ0n) is 14.2. The quantitative estimate of drug-likeness (QED) is 0.629. The second-order valence-electron chi connectivity index (χ2n) is 6.48. The topological polar surface area (TPSA) is 79.4 Å². The lowest BCUT2D eigenvalue weighted by Gasteiger charge is -2.14. The summed E-state index contributed by atoms with van der Waals surface area (Å²) >= 11 is 7.43. The molecule has 3 amide bonds. The van der Waals surface area contributed by atoms with Gasteiger partial charge in [-0.05, 0) is 18.9 Å². The van der Waals surface area contributed by atoms with Crippen molar-refractivity contribution in [2.24, 2.45) is 11.8 Å². The third-order valence-electron chi connectivity index (χ3n) is 4.80. The fourth-order valence-corrected chi connectivity index (χ4v) is 4.41. The third-order valence-corrected chi connectivity index (χ3v) is 5.89. The Morgan fingerprint density at radius 1 is 1.19 bits per heavy atom. The number of rotatable bonds is 4. The number of aromatic nitrogens is 1. The number of nitrogens with zero attached hydrogens (tertiary/aromatic N) is 2. The lowest BCUT2D eigenvalue weighted by Crippen LogP contribution is -2.38. The summed E-state index contributed by atoms with van der Waals surface area (Å²) < 4.78 is 0. The van der Waals surface area contributed by atoms with Crippen LogP contribution in [0, 0.1) is 11.8 Å². The lowest BCUT2D eigenvalue weighted by atomic mass is 9.85. The molecule has 1 aliphatic carbocycles. The van der Waals surface area contributed by atoms with Crippen molar-refractivity contribution in [3.63, 3.8) is 0 Å². The van der Waals surface area contributed by atoms with Crippen molar-refractivity contribution in [3.8, 4) is 11.3 Å². The van der Waals surface area contributed by atoms with Crippen LogP contribution >= 0.6 is 22.9 Å². The van der Waals surface area contributed by atoms with Crippen LogP contribution in [0.5, 0.6) is 0 Å². The van der Waals surface area contributed by atoms with E-state index in [9.17, 15) is 14.4 Å². The Morgan fingerprint density at radius 2 is 1.85 bits per heavy atom. The SMILES string of the molecule is O=C(CN1C(=O)[C@@H]2CC=CC[C@H]2C1=O)Nc1nc(-c2ccccc2Cl)cs1. The summed E-state index contributed by atoms with van der Waals surface area (Å²) in [6.45, 7) is -0.286. The Kier molecular flexibility index (Phi) is 4.80. The Labute approximate surface area is 164 Å². The van der Waals surface area contributed by atoms with E-state index in [1.807, 2.05) is 30.4 Å². The summed E-state index contributed by atoms with van der Waals surface area (Å²) in [6, 6.07) is 7.31. The maximum absolute atomic E-state index is 12.4. The first-order valence-corrected chi connectivity index (χ1v) is 9.81. The molecule has 0 radical (unpaired) electrons. The van der Waals surface area contributed by atoms with E-state index in [-0.39, 0.29) is 30.2 Å². The van der Waals surface area contributed by atoms with E-state index in [0.717, 1.165) is 10.5 Å². The molecule has 2 heterocycles. The Balaban J connectivity index is 1.43. The van der Waals surface area contributed by atoms with Crippen LogP contribution in [0.1, 0.15) is 12.8 Å². The summed E-state index contributed by atoms with van der Waals surface area (Å²) in [5.41, 5.74) is 1.43. The Morgan fingerprint density at radius 3 is 2.52 bits per heavy atom. The third kappa shape index (κ3) is 3.40. The van der Waals surface area contributed by atoms with Crippen molar-refractivity contribution in [1.82, 2.24) is 9.88 Å². The monoisotopic (exact) mass is 401 g/mol. The maximum Gasteiger partial charge on any atom is 0.246 e. The number of likely N-dealkylation sites (tertiary alicyclic amines) is 1. The number of fused-ring (bicyclic) bond motifs is 1. The van der Waals surface area contributed by atoms with Gasteiger partial charge in [0.15, 0.2) is 5.13 Å². The van der Waals surface area contributed by atoms with Crippen molar-refractivity contribution in [2.75, 3.05) is 11.9 Å². The van der Waals surface area contributed by atoms with Crippen LogP contribution in [0.4, 0.5) is 5.13 Å². The zero-order chi connectivity index (χ0) is 19.0. The predicted molar refractivity (Wildman–Crippen MR) is 103 cm³/mol. The molecule has 2 aliphatic rings. The molecule has 1 N–H and O–H groups in total. The van der Waals surface area contributed by atoms with Crippen LogP contribution in [0.2, 0.25) is 5.02 Å². The van der Waals surface area contributed by atoms with Gasteiger partial charge >= 0.3 is 0 Å². The molecule has 0 saturated carbocycles. The number of halogens is 1. The fraction of sp³-hybridized carbons (Fsp3) is 0.263. The van der Waals surface area contributed by atoms with Gasteiger partial charge in [0, 0.05) is 16.0 Å². The van der Waals surface area contributed by atoms with E-state index in [4.69, 9.17) is 11.6 Å². The first-order chi connectivity index (χ1) is 13.0. The molecule has 0 bridgehead atoms. The molecule has 1 fully saturated rings. The lowest BCUT2D eigenvalue weighted by molar-refractivity contribution is -0.142. The smallest absolute Gasteiger partial charge is 0.246 e. The van der Waals surface area contributed by atoms with Crippen LogP contribution in [0.15, 0.2) is 41.8 Å². The highest BCUT2D eigenvalue weighted by Gasteiger charge is 2.47. The van der Waals surface area contributed by atoms with Crippen molar-refractivity contribution in [2.45, 2.75) is 12.8 Å². The number of imide groups is 1. The standard InChI is InChI=1S/C19H16ClN3O3S/c20-14-8-4-3-7-13(14)15-10-27-19(21-15)22-16(24)9-23-17(25)11-5-1-2-6-12(11)18(23)26/h1-4,7-8,10-12H,5-6,9H2,(H,21,22,24)/t11-,12-/m1/s1. The molecule has 1 aromatic carbocycles. The van der Waals surface area contributed by atoms with Crippen LogP contribution in [-0.2, 0) is 14.4 Å². The number of hydrogen-bond donors (Lipinski definition) is 1. The van der Waals surface area contributed by atoms with Gasteiger partial charge in [-0.2, -0.15) is 0 Å². The first-order valence-electron chi connectivity index (χ1n) is 8.55. The van der Waals surface area contributed by atoms with E-state index >= 15 is 0 Å². The molecule has 0 spiro atoms. The highest BCUT2D eigenvalue weighted by molar-refractivity contribution is 7.14. The Hall–Kier alpha value is -2.51. The molecule has 1 saturated heterocycles. The van der Waals surface area contributed by atoms with Gasteiger partial charge in [-0.15, -0.1) is 11.3 Å². The minimum Gasteiger partial charge on any atom is -0.300 e. The summed E-state index contributed by atoms with van der Waals surface area (Å²) in [5.74, 6) is -1.63. The molecule has 4 rings (SSSR count). The van der Waals surface area contributed by atoms with Crippen LogP contribution in [0.3, 0.4) is 0 Å². The van der Waals surface area contributed by atoms with Gasteiger partial charge in [0.1, 0.15) is 6.54 Å². The predicted octanol–water partition coefficient (Wildman–Crippen LogP) is 3.35. The fourth-order valence-electron chi connectivity index (χ4n) is 3.45. The van der Waals surface area contributed by atoms with Crippen LogP contribution < -0.4 is 5.32 Å². The summed E-state index contributed by atoms with van der Waals surface area (Å²) in [7, 11) is 0. The molecule has 2 atom stereocenters. The molecule has 6 nitrogen and oxygen atoms in total. The largest absolute Gasteiger partial charge is 0.300 e. The van der Waals surface area contributed by atoms with Crippen LogP contribution in [-0.4, -0.2) is 34.2 Å². The van der Waals surface area contributed by atoms with Crippen molar-refractivity contribution in [1.29, 1.82) is 0 Å². The average Bonchev–Trinajstić information content (AvgIpc) is 3.21. The van der Waals surface area contributed by atoms with Gasteiger partial charge in [0.2, 0.25) is 17.7 Å². The van der Waals surface area contributed by atoms with E-state index in [2.05, 4.69) is 10.3 Å². The van der Waals surface area contributed by atoms with Crippen LogP contribution in [0.25, 0.3) is 11.3 Å². The van der Waals surface area contributed by atoms with Gasteiger partial charge in [0.25, 0.3) is 0 Å². The van der Waals surface area contributed by atoms with Gasteiger partial charge in [-0.25, -0.2) is 4.98 Å². The summed E-state index contributed by atoms with van der Waals surface area (Å²) in [4.78, 5) is 42.6. The van der Waals surface area contributed by atoms with Gasteiger partial charge in [0.05, 0.1) is 17.5 Å². The van der Waals surface area contributed by atoms with Crippen molar-refractivity contribution >= 4 is 45.8 Å². The molecule has 0 unspecified atom stereocenters. The second kappa shape index (κ2) is 7.25. The number of benzene rings is 1. The number of hydrogen-bond acceptors (Lipinski definition) is 5. The molecule has 1 aromatic heterocycles. The molecule has 8 heteroatoms. The number of carbonyl (C=O) groups is 3. The number of anilines is 1. The van der Waals surface area contributed by atoms with Gasteiger partial charge in [-0.1, -0.05) is 42.0 Å². The molecule has 2 aromatic rings. The summed E-state index contributed by atoms with van der Waals surface area (Å²) in [6.07, 6.45) is 4.95. The average molecular weight is 402 g/mol. The maximum atomic E-state index is 12.4. The number of carbonyl (C=O) groups excluding carboxylic acids is 3. The minimum absolute atomic E-state index is 0.264. The molecular formula is C19H16ClN3O3S. The van der Waals surface area contributed by atoms with Gasteiger partial charge < -0.3 is 5.32 Å². The number of amides is 3. The minimum atomic E-state index is -0.441. The van der Waals surface area contributed by atoms with E-state index in [1.54, 1.807) is 11.4 Å². The first kappa shape index (κ1) is 17.9. The molecule has 138 valence electrons. The van der Waals surface area contributed by atoms with E-state index < -0.39 is 5.91 Å². The van der Waals surface area contributed by atoms with Crippen molar-refractivity contribution < 1.29 is 14.4 Å². The Bertz CT molecular complexity index is 929.